The molecule has 1 heterocycles. The second-order valence-electron chi connectivity index (χ2n) is 6.70. The van der Waals surface area contributed by atoms with Crippen molar-refractivity contribution in [2.75, 3.05) is 6.54 Å². The average Bonchev–Trinajstić information content (AvgIpc) is 2.98. The molecule has 124 valence electrons. The summed E-state index contributed by atoms with van der Waals surface area (Å²) in [4.78, 5) is 19.7. The number of aromatic nitrogens is 2. The maximum absolute atomic E-state index is 11.9. The lowest BCUT2D eigenvalue weighted by Gasteiger charge is -2.21. The molecule has 2 aromatic rings. The molecule has 1 aromatic carbocycles. The fourth-order valence-electron chi connectivity index (χ4n) is 3.56. The highest BCUT2D eigenvalue weighted by atomic mass is 16.1. The standard InChI is InChI=1S/C19H27N3O/c23-19(12-6-9-15-7-2-1-3-8-15)20-14-13-18-21-16-10-4-5-11-17(16)22-18/h4-5,10-11,15H,1-3,6-9,12-14H2,(H,20,23)(H,21,22). The maximum Gasteiger partial charge on any atom is 0.220 e. The van der Waals surface area contributed by atoms with E-state index in [1.54, 1.807) is 0 Å². The summed E-state index contributed by atoms with van der Waals surface area (Å²) in [7, 11) is 0. The summed E-state index contributed by atoms with van der Waals surface area (Å²) in [6.07, 6.45) is 10.6. The van der Waals surface area contributed by atoms with Gasteiger partial charge in [-0.05, 0) is 30.9 Å². The van der Waals surface area contributed by atoms with Crippen LogP contribution < -0.4 is 5.32 Å². The zero-order valence-corrected chi connectivity index (χ0v) is 13.8. The number of benzene rings is 1. The number of carbonyl (C=O) groups is 1. The molecule has 4 heteroatoms. The summed E-state index contributed by atoms with van der Waals surface area (Å²) in [5, 5.41) is 3.01. The van der Waals surface area contributed by atoms with Crippen LogP contribution in [0.1, 0.15) is 57.2 Å². The van der Waals surface area contributed by atoms with Gasteiger partial charge in [0, 0.05) is 19.4 Å². The number of aromatic amines is 1. The van der Waals surface area contributed by atoms with Crippen molar-refractivity contribution in [3.63, 3.8) is 0 Å². The Bertz CT molecular complexity index is 595. The fraction of sp³-hybridized carbons (Fsp3) is 0.579. The number of rotatable bonds is 7. The highest BCUT2D eigenvalue weighted by molar-refractivity contribution is 5.76. The average molecular weight is 313 g/mol. The normalized spacial score (nSPS) is 15.8. The predicted molar refractivity (Wildman–Crippen MR) is 93.2 cm³/mol. The molecule has 1 amide bonds. The van der Waals surface area contributed by atoms with Gasteiger partial charge in [-0.1, -0.05) is 44.2 Å². The molecule has 1 aliphatic rings. The van der Waals surface area contributed by atoms with E-state index in [4.69, 9.17) is 0 Å². The summed E-state index contributed by atoms with van der Waals surface area (Å²) < 4.78 is 0. The summed E-state index contributed by atoms with van der Waals surface area (Å²) in [6.45, 7) is 0.655. The van der Waals surface area contributed by atoms with Crippen LogP contribution in [0.2, 0.25) is 0 Å². The van der Waals surface area contributed by atoms with E-state index in [-0.39, 0.29) is 5.91 Å². The van der Waals surface area contributed by atoms with E-state index in [9.17, 15) is 4.79 Å². The largest absolute Gasteiger partial charge is 0.356 e. The minimum atomic E-state index is 0.178. The molecule has 3 rings (SSSR count). The Morgan fingerprint density at radius 1 is 1.22 bits per heavy atom. The minimum absolute atomic E-state index is 0.178. The van der Waals surface area contributed by atoms with E-state index in [1.807, 2.05) is 24.3 Å². The van der Waals surface area contributed by atoms with Gasteiger partial charge in [-0.3, -0.25) is 4.79 Å². The van der Waals surface area contributed by atoms with Crippen molar-refractivity contribution in [3.05, 3.63) is 30.1 Å². The van der Waals surface area contributed by atoms with Gasteiger partial charge >= 0.3 is 0 Å². The number of amides is 1. The van der Waals surface area contributed by atoms with Gasteiger partial charge in [-0.25, -0.2) is 4.98 Å². The van der Waals surface area contributed by atoms with Gasteiger partial charge in [-0.15, -0.1) is 0 Å². The number of fused-ring (bicyclic) bond motifs is 1. The molecule has 1 fully saturated rings. The van der Waals surface area contributed by atoms with Crippen molar-refractivity contribution in [1.29, 1.82) is 0 Å². The second kappa shape index (κ2) is 8.14. The van der Waals surface area contributed by atoms with E-state index in [2.05, 4.69) is 15.3 Å². The third-order valence-electron chi connectivity index (χ3n) is 4.86. The van der Waals surface area contributed by atoms with E-state index < -0.39 is 0 Å². The first kappa shape index (κ1) is 16.0. The molecule has 23 heavy (non-hydrogen) atoms. The lowest BCUT2D eigenvalue weighted by atomic mass is 9.86. The molecular formula is C19H27N3O. The number of para-hydroxylation sites is 2. The molecule has 0 spiro atoms. The lowest BCUT2D eigenvalue weighted by Crippen LogP contribution is -2.25. The fourth-order valence-corrected chi connectivity index (χ4v) is 3.56. The zero-order chi connectivity index (χ0) is 15.9. The molecule has 0 bridgehead atoms. The molecular weight excluding hydrogens is 286 g/mol. The highest BCUT2D eigenvalue weighted by Gasteiger charge is 2.13. The maximum atomic E-state index is 11.9. The second-order valence-corrected chi connectivity index (χ2v) is 6.70. The number of hydrogen-bond acceptors (Lipinski definition) is 2. The van der Waals surface area contributed by atoms with Gasteiger partial charge in [0.1, 0.15) is 5.82 Å². The number of carbonyl (C=O) groups excluding carboxylic acids is 1. The number of hydrogen-bond donors (Lipinski definition) is 2. The molecule has 0 atom stereocenters. The molecule has 2 N–H and O–H groups in total. The first-order valence-corrected chi connectivity index (χ1v) is 9.01. The Kier molecular flexibility index (Phi) is 5.67. The van der Waals surface area contributed by atoms with Crippen LogP contribution in [0, 0.1) is 5.92 Å². The molecule has 1 aromatic heterocycles. The zero-order valence-electron chi connectivity index (χ0n) is 13.8. The summed E-state index contributed by atoms with van der Waals surface area (Å²) in [6, 6.07) is 8.01. The van der Waals surface area contributed by atoms with Crippen molar-refractivity contribution >= 4 is 16.9 Å². The molecule has 1 aliphatic carbocycles. The highest BCUT2D eigenvalue weighted by Crippen LogP contribution is 2.27. The molecule has 0 radical (unpaired) electrons. The van der Waals surface area contributed by atoms with Crippen molar-refractivity contribution in [1.82, 2.24) is 15.3 Å². The Balaban J connectivity index is 1.32. The van der Waals surface area contributed by atoms with E-state index >= 15 is 0 Å². The van der Waals surface area contributed by atoms with E-state index in [1.165, 1.54) is 38.5 Å². The van der Waals surface area contributed by atoms with Crippen LogP contribution in [0.5, 0.6) is 0 Å². The smallest absolute Gasteiger partial charge is 0.220 e. The number of nitrogens with one attached hydrogen (secondary N) is 2. The van der Waals surface area contributed by atoms with Crippen LogP contribution >= 0.6 is 0 Å². The van der Waals surface area contributed by atoms with E-state index in [0.717, 1.165) is 35.6 Å². The summed E-state index contributed by atoms with van der Waals surface area (Å²) >= 11 is 0. The van der Waals surface area contributed by atoms with Gasteiger partial charge in [0.2, 0.25) is 5.91 Å². The first-order chi connectivity index (χ1) is 11.3. The van der Waals surface area contributed by atoms with Crippen LogP contribution in [-0.4, -0.2) is 22.4 Å². The van der Waals surface area contributed by atoms with E-state index in [0.29, 0.717) is 13.0 Å². The quantitative estimate of drug-likeness (QED) is 0.812. The van der Waals surface area contributed by atoms with Crippen LogP contribution in [0.15, 0.2) is 24.3 Å². The number of imidazole rings is 1. The molecule has 4 nitrogen and oxygen atoms in total. The summed E-state index contributed by atoms with van der Waals surface area (Å²) in [5.74, 6) is 1.98. The first-order valence-electron chi connectivity index (χ1n) is 9.01. The van der Waals surface area contributed by atoms with Crippen LogP contribution in [0.25, 0.3) is 11.0 Å². The van der Waals surface area contributed by atoms with Crippen molar-refractivity contribution in [2.45, 2.75) is 57.8 Å². The van der Waals surface area contributed by atoms with Gasteiger partial charge in [0.25, 0.3) is 0 Å². The lowest BCUT2D eigenvalue weighted by molar-refractivity contribution is -0.121. The Morgan fingerprint density at radius 2 is 2.04 bits per heavy atom. The van der Waals surface area contributed by atoms with Crippen molar-refractivity contribution in [3.8, 4) is 0 Å². The van der Waals surface area contributed by atoms with Crippen LogP contribution in [-0.2, 0) is 11.2 Å². The van der Waals surface area contributed by atoms with Gasteiger partial charge in [0.15, 0.2) is 0 Å². The van der Waals surface area contributed by atoms with Crippen LogP contribution in [0.4, 0.5) is 0 Å². The third kappa shape index (κ3) is 4.81. The van der Waals surface area contributed by atoms with Crippen molar-refractivity contribution < 1.29 is 4.79 Å². The van der Waals surface area contributed by atoms with Gasteiger partial charge in [-0.2, -0.15) is 0 Å². The van der Waals surface area contributed by atoms with Gasteiger partial charge in [0.05, 0.1) is 11.0 Å². The minimum Gasteiger partial charge on any atom is -0.356 e. The number of H-pyrrole nitrogens is 1. The SMILES string of the molecule is O=C(CCCC1CCCCC1)NCCc1nc2ccccc2[nH]1. The topological polar surface area (TPSA) is 57.8 Å². The van der Waals surface area contributed by atoms with Gasteiger partial charge < -0.3 is 10.3 Å². The Morgan fingerprint density at radius 3 is 2.87 bits per heavy atom. The Labute approximate surface area is 138 Å². The monoisotopic (exact) mass is 313 g/mol. The molecule has 0 aliphatic heterocycles. The number of nitrogens with zero attached hydrogens (tertiary/aromatic N) is 1. The molecule has 0 saturated heterocycles. The molecule has 0 unspecified atom stereocenters. The third-order valence-corrected chi connectivity index (χ3v) is 4.86. The van der Waals surface area contributed by atoms with Crippen molar-refractivity contribution in [2.24, 2.45) is 5.92 Å². The molecule has 1 saturated carbocycles. The summed E-state index contributed by atoms with van der Waals surface area (Å²) in [5.41, 5.74) is 2.04. The predicted octanol–water partition coefficient (Wildman–Crippen LogP) is 3.97. The Hall–Kier alpha value is -1.84. The van der Waals surface area contributed by atoms with Crippen LogP contribution in [0.3, 0.4) is 0 Å².